The van der Waals surface area contributed by atoms with E-state index in [2.05, 4.69) is 13.8 Å². The second-order valence-corrected chi connectivity index (χ2v) is 4.52. The third-order valence-electron chi connectivity index (χ3n) is 2.91. The molecule has 0 fully saturated rings. The van der Waals surface area contributed by atoms with Crippen LogP contribution in [-0.4, -0.2) is 11.7 Å². The van der Waals surface area contributed by atoms with Gasteiger partial charge in [0.15, 0.2) is 0 Å². The van der Waals surface area contributed by atoms with Gasteiger partial charge in [0.25, 0.3) is 0 Å². The van der Waals surface area contributed by atoms with E-state index < -0.39 is 0 Å². The Hall–Kier alpha value is -0.470. The number of aliphatic hydroxyl groups excluding tert-OH is 1. The van der Waals surface area contributed by atoms with Crippen molar-refractivity contribution in [3.05, 3.63) is 60.7 Å². The Balaban J connectivity index is 0. The molecule has 1 atom stereocenters. The summed E-state index contributed by atoms with van der Waals surface area (Å²) < 4.78 is 0. The maximum Gasteiger partial charge on any atom is 0.0459 e. The number of rotatable bonds is 5. The van der Waals surface area contributed by atoms with Gasteiger partial charge in [0, 0.05) is 32.5 Å². The van der Waals surface area contributed by atoms with E-state index in [-0.39, 0.29) is 25.8 Å². The van der Waals surface area contributed by atoms with Crippen LogP contribution < -0.4 is 0 Å². The second-order valence-electron chi connectivity index (χ2n) is 4.52. The molecule has 0 spiro atoms. The van der Waals surface area contributed by atoms with Crippen LogP contribution in [0.4, 0.5) is 0 Å². The van der Waals surface area contributed by atoms with E-state index in [0.717, 1.165) is 6.42 Å². The topological polar surface area (TPSA) is 20.2 Å². The van der Waals surface area contributed by atoms with E-state index in [0.29, 0.717) is 12.5 Å². The first kappa shape index (κ1) is 21.8. The molecular formula is C18H28HfO-2. The molecule has 0 aromatic heterocycles. The van der Waals surface area contributed by atoms with Crippen LogP contribution in [0, 0.1) is 5.92 Å². The largest absolute Gasteiger partial charge is 0.396 e. The average molecular weight is 439 g/mol. The molecule has 2 aromatic rings. The first-order valence-electron chi connectivity index (χ1n) is 7.29. The molecular weight excluding hydrogens is 411 g/mol. The quantitative estimate of drug-likeness (QED) is 0.514. The summed E-state index contributed by atoms with van der Waals surface area (Å²) in [6.07, 6.45) is 4.83. The summed E-state index contributed by atoms with van der Waals surface area (Å²) in [6, 6.07) is 20.0. The molecule has 0 aliphatic heterocycles. The van der Waals surface area contributed by atoms with Gasteiger partial charge in [-0.3, -0.25) is 0 Å². The molecule has 0 aliphatic carbocycles. The minimum atomic E-state index is 0. The van der Waals surface area contributed by atoms with E-state index >= 15 is 0 Å². The molecule has 0 bridgehead atoms. The van der Waals surface area contributed by atoms with Crippen molar-refractivity contribution in [3.63, 3.8) is 0 Å². The summed E-state index contributed by atoms with van der Waals surface area (Å²) in [6.45, 7) is 4.69. The first-order valence-corrected chi connectivity index (χ1v) is 7.29. The monoisotopic (exact) mass is 440 g/mol. The Bertz CT molecular complexity index is 248. The predicted octanol–water partition coefficient (Wildman–Crippen LogP) is 5.00. The standard InChI is InChI=1S/C8H18O.2C5H5.Hf/c1-3-5-6-8(4-2)7-9;2*1-2-4-5-3-1;/h8-9H,3-7H2,1-2H3;2*1-5H;/q;2*-1;. The van der Waals surface area contributed by atoms with Crippen molar-refractivity contribution in [1.82, 2.24) is 0 Å². The summed E-state index contributed by atoms with van der Waals surface area (Å²) in [5.74, 6) is 0.560. The van der Waals surface area contributed by atoms with E-state index in [1.807, 2.05) is 60.7 Å². The molecule has 2 aromatic carbocycles. The zero-order valence-electron chi connectivity index (χ0n) is 12.8. The van der Waals surface area contributed by atoms with Crippen molar-refractivity contribution in [1.29, 1.82) is 0 Å². The van der Waals surface area contributed by atoms with Crippen LogP contribution in [0.1, 0.15) is 39.5 Å². The van der Waals surface area contributed by atoms with Crippen LogP contribution in [-0.2, 0) is 25.8 Å². The van der Waals surface area contributed by atoms with Crippen molar-refractivity contribution >= 4 is 0 Å². The van der Waals surface area contributed by atoms with Crippen molar-refractivity contribution < 1.29 is 30.9 Å². The molecule has 0 saturated carbocycles. The Morgan fingerprint density at radius 1 is 0.900 bits per heavy atom. The van der Waals surface area contributed by atoms with E-state index in [4.69, 9.17) is 5.11 Å². The van der Waals surface area contributed by atoms with Crippen LogP contribution in [0.15, 0.2) is 60.7 Å². The Morgan fingerprint density at radius 3 is 1.55 bits per heavy atom. The smallest absolute Gasteiger partial charge is 0.0459 e. The van der Waals surface area contributed by atoms with Crippen LogP contribution in [0.5, 0.6) is 0 Å². The van der Waals surface area contributed by atoms with E-state index in [1.54, 1.807) is 0 Å². The molecule has 112 valence electrons. The first-order chi connectivity index (χ1) is 9.35. The van der Waals surface area contributed by atoms with Crippen molar-refractivity contribution in [2.24, 2.45) is 5.92 Å². The fourth-order valence-corrected chi connectivity index (χ4v) is 1.56. The zero-order valence-corrected chi connectivity index (χ0v) is 16.4. The van der Waals surface area contributed by atoms with Gasteiger partial charge >= 0.3 is 0 Å². The van der Waals surface area contributed by atoms with Gasteiger partial charge in [0.05, 0.1) is 0 Å². The Labute approximate surface area is 143 Å². The van der Waals surface area contributed by atoms with Crippen LogP contribution in [0.3, 0.4) is 0 Å². The fourth-order valence-electron chi connectivity index (χ4n) is 1.56. The van der Waals surface area contributed by atoms with Gasteiger partial charge in [-0.15, -0.1) is 0 Å². The van der Waals surface area contributed by atoms with Gasteiger partial charge in [-0.2, -0.15) is 36.4 Å². The van der Waals surface area contributed by atoms with Crippen LogP contribution in [0.25, 0.3) is 0 Å². The summed E-state index contributed by atoms with van der Waals surface area (Å²) >= 11 is 0. The Kier molecular flexibility index (Phi) is 20.2. The van der Waals surface area contributed by atoms with Crippen molar-refractivity contribution in [2.45, 2.75) is 39.5 Å². The number of hydrogen-bond acceptors (Lipinski definition) is 1. The van der Waals surface area contributed by atoms with Gasteiger partial charge in [-0.05, 0) is 12.3 Å². The maximum atomic E-state index is 8.75. The Morgan fingerprint density at radius 2 is 1.35 bits per heavy atom. The second kappa shape index (κ2) is 18.5. The molecule has 2 rings (SSSR count). The summed E-state index contributed by atoms with van der Waals surface area (Å²) in [5.41, 5.74) is 0. The molecule has 0 aliphatic rings. The zero-order chi connectivity index (χ0) is 14.2. The van der Waals surface area contributed by atoms with Crippen molar-refractivity contribution in [3.8, 4) is 0 Å². The number of aliphatic hydroxyl groups is 1. The molecule has 0 heterocycles. The van der Waals surface area contributed by atoms with Gasteiger partial charge in [-0.1, -0.05) is 33.1 Å². The number of hydrogen-bond donors (Lipinski definition) is 1. The third kappa shape index (κ3) is 15.6. The molecule has 2 heteroatoms. The minimum Gasteiger partial charge on any atom is -0.396 e. The summed E-state index contributed by atoms with van der Waals surface area (Å²) in [5, 5.41) is 8.75. The van der Waals surface area contributed by atoms with Gasteiger partial charge in [0.2, 0.25) is 0 Å². The summed E-state index contributed by atoms with van der Waals surface area (Å²) in [7, 11) is 0. The molecule has 1 nitrogen and oxygen atoms in total. The van der Waals surface area contributed by atoms with E-state index in [9.17, 15) is 0 Å². The fraction of sp³-hybridized carbons (Fsp3) is 0.444. The summed E-state index contributed by atoms with van der Waals surface area (Å²) in [4.78, 5) is 0. The number of unbranched alkanes of at least 4 members (excludes halogenated alkanes) is 1. The van der Waals surface area contributed by atoms with Crippen molar-refractivity contribution in [2.75, 3.05) is 6.61 Å². The molecule has 0 amide bonds. The molecule has 0 saturated heterocycles. The minimum absolute atomic E-state index is 0. The molecule has 20 heavy (non-hydrogen) atoms. The van der Waals surface area contributed by atoms with Crippen LogP contribution in [0.2, 0.25) is 0 Å². The average Bonchev–Trinajstić information content (AvgIpc) is 3.18. The predicted molar refractivity (Wildman–Crippen MR) is 84.5 cm³/mol. The normalized spacial score (nSPS) is 10.2. The molecule has 1 N–H and O–H groups in total. The molecule has 1 unspecified atom stereocenters. The van der Waals surface area contributed by atoms with E-state index in [1.165, 1.54) is 19.3 Å². The SMILES string of the molecule is CCCCC(CC)CO.[Hf].c1cc[cH-]c1.c1cc[cH-]c1. The van der Waals surface area contributed by atoms with Crippen LogP contribution >= 0.6 is 0 Å². The van der Waals surface area contributed by atoms with Gasteiger partial charge < -0.3 is 5.11 Å². The molecule has 0 radical (unpaired) electrons. The van der Waals surface area contributed by atoms with Gasteiger partial charge in [0.1, 0.15) is 0 Å². The van der Waals surface area contributed by atoms with Gasteiger partial charge in [-0.25, -0.2) is 24.3 Å². The maximum absolute atomic E-state index is 8.75. The third-order valence-corrected chi connectivity index (χ3v) is 2.91.